The fraction of sp³-hybridized carbons (Fsp3) is 0.529. The zero-order valence-corrected chi connectivity index (χ0v) is 17.0. The first-order valence-electron chi connectivity index (χ1n) is 8.73. The third kappa shape index (κ3) is 3.65. The summed E-state index contributed by atoms with van der Waals surface area (Å²) < 4.78 is 19.9. The Bertz CT molecular complexity index is 780. The molecule has 0 N–H and O–H groups in total. The Hall–Kier alpha value is -1.45. The SMILES string of the molecule is CCn1c(SCc2cc3c(cc2Br)OCCO3)nnc1N1CCOCC1. The van der Waals surface area contributed by atoms with E-state index in [-0.39, 0.29) is 0 Å². The van der Waals surface area contributed by atoms with Crippen molar-refractivity contribution in [3.63, 3.8) is 0 Å². The molecule has 0 spiro atoms. The Kier molecular flexibility index (Phi) is 5.56. The number of rotatable bonds is 5. The Balaban J connectivity index is 1.50. The van der Waals surface area contributed by atoms with Crippen LogP contribution in [0.1, 0.15) is 12.5 Å². The van der Waals surface area contributed by atoms with Crippen LogP contribution in [0.3, 0.4) is 0 Å². The maximum Gasteiger partial charge on any atom is 0.228 e. The summed E-state index contributed by atoms with van der Waals surface area (Å²) in [6.45, 7) is 7.34. The normalized spacial score (nSPS) is 16.8. The Morgan fingerprint density at radius 2 is 1.81 bits per heavy atom. The fourth-order valence-corrected chi connectivity index (χ4v) is 4.66. The van der Waals surface area contributed by atoms with Crippen molar-refractivity contribution >= 4 is 33.6 Å². The first-order valence-corrected chi connectivity index (χ1v) is 10.5. The molecule has 0 saturated carbocycles. The third-order valence-electron chi connectivity index (χ3n) is 4.38. The number of ether oxygens (including phenoxy) is 3. The van der Waals surface area contributed by atoms with Gasteiger partial charge in [-0.15, -0.1) is 10.2 Å². The van der Waals surface area contributed by atoms with Gasteiger partial charge in [-0.3, -0.25) is 4.57 Å². The van der Waals surface area contributed by atoms with Gasteiger partial charge < -0.3 is 19.1 Å². The molecule has 2 aliphatic rings. The van der Waals surface area contributed by atoms with E-state index in [1.807, 2.05) is 12.1 Å². The number of hydrogen-bond donors (Lipinski definition) is 0. The molecule has 1 fully saturated rings. The Labute approximate surface area is 165 Å². The van der Waals surface area contributed by atoms with Crippen LogP contribution in [-0.4, -0.2) is 54.3 Å². The minimum atomic E-state index is 0.592. The summed E-state index contributed by atoms with van der Waals surface area (Å²) in [5.74, 6) is 3.31. The van der Waals surface area contributed by atoms with Gasteiger partial charge in [-0.2, -0.15) is 0 Å². The molecule has 3 heterocycles. The van der Waals surface area contributed by atoms with Crippen LogP contribution in [0.2, 0.25) is 0 Å². The summed E-state index contributed by atoms with van der Waals surface area (Å²) in [5.41, 5.74) is 1.15. The van der Waals surface area contributed by atoms with Gasteiger partial charge in [0.25, 0.3) is 0 Å². The summed E-state index contributed by atoms with van der Waals surface area (Å²) in [4.78, 5) is 2.24. The average Bonchev–Trinajstić information content (AvgIpc) is 3.10. The molecule has 1 saturated heterocycles. The van der Waals surface area contributed by atoms with E-state index in [1.165, 1.54) is 0 Å². The molecule has 0 amide bonds. The maximum absolute atomic E-state index is 5.69. The number of aromatic nitrogens is 3. The van der Waals surface area contributed by atoms with Crippen LogP contribution in [-0.2, 0) is 17.0 Å². The zero-order valence-electron chi connectivity index (χ0n) is 14.6. The number of benzene rings is 1. The second-order valence-corrected chi connectivity index (χ2v) is 7.80. The number of halogens is 1. The third-order valence-corrected chi connectivity index (χ3v) is 6.13. The van der Waals surface area contributed by atoms with Crippen LogP contribution in [0.4, 0.5) is 5.95 Å². The molecule has 4 rings (SSSR count). The van der Waals surface area contributed by atoms with E-state index >= 15 is 0 Å². The van der Waals surface area contributed by atoms with Gasteiger partial charge in [0, 0.05) is 29.9 Å². The molecule has 0 radical (unpaired) electrons. The number of fused-ring (bicyclic) bond motifs is 1. The van der Waals surface area contributed by atoms with E-state index in [4.69, 9.17) is 14.2 Å². The first kappa shape index (κ1) is 17.9. The standard InChI is InChI=1S/C17H21BrN4O3S/c1-2-22-16(21-3-5-23-6-4-21)19-20-17(22)26-11-12-9-14-15(10-13(12)18)25-8-7-24-14/h9-10H,2-8,11H2,1H3. The van der Waals surface area contributed by atoms with E-state index in [0.29, 0.717) is 13.2 Å². The highest BCUT2D eigenvalue weighted by Crippen LogP contribution is 2.38. The monoisotopic (exact) mass is 440 g/mol. The first-order chi connectivity index (χ1) is 12.8. The van der Waals surface area contributed by atoms with Gasteiger partial charge in [-0.1, -0.05) is 27.7 Å². The number of anilines is 1. The zero-order chi connectivity index (χ0) is 17.9. The van der Waals surface area contributed by atoms with E-state index in [2.05, 4.69) is 42.5 Å². The van der Waals surface area contributed by atoms with Crippen LogP contribution in [0, 0.1) is 0 Å². The summed E-state index contributed by atoms with van der Waals surface area (Å²) in [6.07, 6.45) is 0. The van der Waals surface area contributed by atoms with Crippen LogP contribution in [0.25, 0.3) is 0 Å². The van der Waals surface area contributed by atoms with Crippen molar-refractivity contribution in [3.8, 4) is 11.5 Å². The molecule has 2 aliphatic heterocycles. The van der Waals surface area contributed by atoms with E-state index in [9.17, 15) is 0 Å². The van der Waals surface area contributed by atoms with E-state index < -0.39 is 0 Å². The molecule has 1 aromatic heterocycles. The predicted octanol–water partition coefficient (Wildman–Crippen LogP) is 2.96. The Morgan fingerprint density at radius 1 is 1.08 bits per heavy atom. The number of morpholine rings is 1. The lowest BCUT2D eigenvalue weighted by Gasteiger charge is -2.27. The van der Waals surface area contributed by atoms with E-state index in [1.54, 1.807) is 11.8 Å². The smallest absolute Gasteiger partial charge is 0.228 e. The quantitative estimate of drug-likeness (QED) is 0.662. The van der Waals surface area contributed by atoms with Crippen LogP contribution in [0.15, 0.2) is 21.8 Å². The molecular formula is C17H21BrN4O3S. The van der Waals surface area contributed by atoms with Crippen molar-refractivity contribution in [1.82, 2.24) is 14.8 Å². The molecule has 0 bridgehead atoms. The molecule has 140 valence electrons. The largest absolute Gasteiger partial charge is 0.486 e. The number of nitrogens with zero attached hydrogens (tertiary/aromatic N) is 4. The van der Waals surface area contributed by atoms with Crippen molar-refractivity contribution in [2.45, 2.75) is 24.4 Å². The molecular weight excluding hydrogens is 420 g/mol. The van der Waals surface area contributed by atoms with Gasteiger partial charge in [0.05, 0.1) is 13.2 Å². The highest BCUT2D eigenvalue weighted by Gasteiger charge is 2.20. The maximum atomic E-state index is 5.69. The van der Waals surface area contributed by atoms with Crippen LogP contribution in [0.5, 0.6) is 11.5 Å². The molecule has 9 heteroatoms. The van der Waals surface area contributed by atoms with Crippen molar-refractivity contribution < 1.29 is 14.2 Å². The fourth-order valence-electron chi connectivity index (χ4n) is 3.02. The lowest BCUT2D eigenvalue weighted by atomic mass is 10.2. The van der Waals surface area contributed by atoms with Gasteiger partial charge in [-0.25, -0.2) is 0 Å². The minimum absolute atomic E-state index is 0.592. The summed E-state index contributed by atoms with van der Waals surface area (Å²) in [5, 5.41) is 9.76. The van der Waals surface area contributed by atoms with Gasteiger partial charge in [0.15, 0.2) is 16.7 Å². The highest BCUT2D eigenvalue weighted by atomic mass is 79.9. The van der Waals surface area contributed by atoms with Gasteiger partial charge in [0.1, 0.15) is 13.2 Å². The van der Waals surface area contributed by atoms with Gasteiger partial charge in [-0.05, 0) is 24.6 Å². The molecule has 2 aromatic rings. The van der Waals surface area contributed by atoms with E-state index in [0.717, 1.165) is 71.2 Å². The highest BCUT2D eigenvalue weighted by molar-refractivity contribution is 9.10. The summed E-state index contributed by atoms with van der Waals surface area (Å²) >= 11 is 5.32. The molecule has 26 heavy (non-hydrogen) atoms. The van der Waals surface area contributed by atoms with Crippen molar-refractivity contribution in [2.75, 3.05) is 44.4 Å². The lowest BCUT2D eigenvalue weighted by molar-refractivity contribution is 0.121. The Morgan fingerprint density at radius 3 is 2.54 bits per heavy atom. The second kappa shape index (κ2) is 8.06. The number of hydrogen-bond acceptors (Lipinski definition) is 7. The molecule has 0 unspecified atom stereocenters. The second-order valence-electron chi connectivity index (χ2n) is 6.00. The van der Waals surface area contributed by atoms with Crippen molar-refractivity contribution in [2.24, 2.45) is 0 Å². The molecule has 1 aromatic carbocycles. The topological polar surface area (TPSA) is 61.6 Å². The molecule has 7 nitrogen and oxygen atoms in total. The van der Waals surface area contributed by atoms with Crippen LogP contribution >= 0.6 is 27.7 Å². The van der Waals surface area contributed by atoms with Crippen LogP contribution < -0.4 is 14.4 Å². The predicted molar refractivity (Wildman–Crippen MR) is 103 cm³/mol. The molecule has 0 aliphatic carbocycles. The van der Waals surface area contributed by atoms with Gasteiger partial charge >= 0.3 is 0 Å². The summed E-state index contributed by atoms with van der Waals surface area (Å²) in [7, 11) is 0. The number of thioether (sulfide) groups is 1. The minimum Gasteiger partial charge on any atom is -0.486 e. The van der Waals surface area contributed by atoms with Gasteiger partial charge in [0.2, 0.25) is 5.95 Å². The average molecular weight is 441 g/mol. The van der Waals surface area contributed by atoms with Crippen molar-refractivity contribution in [1.29, 1.82) is 0 Å². The molecule has 0 atom stereocenters. The lowest BCUT2D eigenvalue weighted by Crippen LogP contribution is -2.38. The van der Waals surface area contributed by atoms with Crippen molar-refractivity contribution in [3.05, 3.63) is 22.2 Å². The summed E-state index contributed by atoms with van der Waals surface area (Å²) in [6, 6.07) is 4.02.